The molecular weight excluding hydrogens is 270 g/mol. The molecule has 0 saturated carbocycles. The highest BCUT2D eigenvalue weighted by atomic mass is 16.3. The average molecular weight is 283 g/mol. The molecule has 2 heterocycles. The van der Waals surface area contributed by atoms with Crippen LogP contribution in [0.15, 0.2) is 52.7 Å². The summed E-state index contributed by atoms with van der Waals surface area (Å²) in [5.74, 6) is -1.29. The van der Waals surface area contributed by atoms with Gasteiger partial charge >= 0.3 is 0 Å². The van der Waals surface area contributed by atoms with Crippen LogP contribution in [0, 0.1) is 6.92 Å². The van der Waals surface area contributed by atoms with Crippen LogP contribution in [0.25, 0.3) is 5.76 Å². The van der Waals surface area contributed by atoms with Crippen LogP contribution in [0.1, 0.15) is 22.9 Å². The molecule has 5 heteroatoms. The van der Waals surface area contributed by atoms with Gasteiger partial charge in [-0.1, -0.05) is 29.8 Å². The quantitative estimate of drug-likeness (QED) is 0.503. The van der Waals surface area contributed by atoms with Gasteiger partial charge in [0.2, 0.25) is 0 Å². The summed E-state index contributed by atoms with van der Waals surface area (Å²) in [6.45, 7) is 1.92. The van der Waals surface area contributed by atoms with Crippen molar-refractivity contribution in [1.82, 2.24) is 5.32 Å². The first kappa shape index (κ1) is 13.2. The number of amides is 1. The first-order valence-corrected chi connectivity index (χ1v) is 6.46. The zero-order valence-corrected chi connectivity index (χ0v) is 11.3. The molecule has 1 amide bonds. The van der Waals surface area contributed by atoms with E-state index in [0.717, 1.165) is 5.56 Å². The molecule has 5 nitrogen and oxygen atoms in total. The summed E-state index contributed by atoms with van der Waals surface area (Å²) < 4.78 is 5.24. The van der Waals surface area contributed by atoms with Crippen molar-refractivity contribution in [2.75, 3.05) is 0 Å². The van der Waals surface area contributed by atoms with Gasteiger partial charge in [0.05, 0.1) is 11.8 Å². The lowest BCUT2D eigenvalue weighted by atomic mass is 9.99. The first-order chi connectivity index (χ1) is 10.1. The number of hydrogen-bond acceptors (Lipinski definition) is 4. The minimum Gasteiger partial charge on any atom is -0.507 e. The Morgan fingerprint density at radius 2 is 1.90 bits per heavy atom. The van der Waals surface area contributed by atoms with Gasteiger partial charge in [-0.3, -0.25) is 9.59 Å². The molecule has 0 spiro atoms. The second-order valence-electron chi connectivity index (χ2n) is 4.88. The Labute approximate surface area is 120 Å². The van der Waals surface area contributed by atoms with Crippen molar-refractivity contribution in [3.63, 3.8) is 0 Å². The summed E-state index contributed by atoms with van der Waals surface area (Å²) in [5.41, 5.74) is 1.53. The van der Waals surface area contributed by atoms with E-state index in [1.165, 1.54) is 6.26 Å². The van der Waals surface area contributed by atoms with Crippen LogP contribution < -0.4 is 5.32 Å². The number of aliphatic hydroxyl groups excluding tert-OH is 1. The van der Waals surface area contributed by atoms with Gasteiger partial charge < -0.3 is 14.8 Å². The normalized spacial score (nSPS) is 20.5. The second kappa shape index (κ2) is 4.94. The maximum Gasteiger partial charge on any atom is 0.293 e. The van der Waals surface area contributed by atoms with Gasteiger partial charge in [-0.25, -0.2) is 0 Å². The summed E-state index contributed by atoms with van der Waals surface area (Å²) in [6, 6.07) is 9.59. The van der Waals surface area contributed by atoms with Gasteiger partial charge in [0.25, 0.3) is 11.7 Å². The minimum absolute atomic E-state index is 0.0128. The van der Waals surface area contributed by atoms with Crippen molar-refractivity contribution in [3.8, 4) is 0 Å². The number of aryl methyl sites for hydroxylation is 1. The zero-order chi connectivity index (χ0) is 15.0. The Morgan fingerprint density at radius 1 is 1.19 bits per heavy atom. The van der Waals surface area contributed by atoms with Crippen LogP contribution in [0.5, 0.6) is 0 Å². The lowest BCUT2D eigenvalue weighted by Gasteiger charge is -2.10. The molecule has 1 saturated heterocycles. The third-order valence-corrected chi connectivity index (χ3v) is 3.42. The van der Waals surface area contributed by atoms with E-state index in [-0.39, 0.29) is 11.3 Å². The Bertz CT molecular complexity index is 726. The number of aliphatic hydroxyl groups is 1. The van der Waals surface area contributed by atoms with Gasteiger partial charge in [-0.15, -0.1) is 0 Å². The van der Waals surface area contributed by atoms with Gasteiger partial charge in [-0.2, -0.15) is 0 Å². The van der Waals surface area contributed by atoms with Crippen LogP contribution in [-0.4, -0.2) is 16.8 Å². The fourth-order valence-electron chi connectivity index (χ4n) is 2.30. The third kappa shape index (κ3) is 2.23. The van der Waals surface area contributed by atoms with Crippen LogP contribution in [0.2, 0.25) is 0 Å². The standard InChI is InChI=1S/C16H13NO4/c1-9-4-6-10(7-5-9)14(18)12-13(11-3-2-8-21-11)17-16(20)15(12)19/h2-8,13,18H,1H3,(H,17,20). The van der Waals surface area contributed by atoms with Crippen LogP contribution in [0.3, 0.4) is 0 Å². The second-order valence-corrected chi connectivity index (χ2v) is 4.88. The smallest absolute Gasteiger partial charge is 0.293 e. The summed E-state index contributed by atoms with van der Waals surface area (Å²) in [4.78, 5) is 23.7. The zero-order valence-electron chi connectivity index (χ0n) is 11.3. The summed E-state index contributed by atoms with van der Waals surface area (Å²) >= 11 is 0. The monoisotopic (exact) mass is 283 g/mol. The highest BCUT2D eigenvalue weighted by Crippen LogP contribution is 2.32. The fourth-order valence-corrected chi connectivity index (χ4v) is 2.30. The van der Waals surface area contributed by atoms with Crippen LogP contribution in [0.4, 0.5) is 0 Å². The lowest BCUT2D eigenvalue weighted by Crippen LogP contribution is -2.20. The van der Waals surface area contributed by atoms with Crippen molar-refractivity contribution >= 4 is 17.4 Å². The molecule has 1 aromatic carbocycles. The van der Waals surface area contributed by atoms with E-state index >= 15 is 0 Å². The molecule has 3 rings (SSSR count). The average Bonchev–Trinajstić information content (AvgIpc) is 3.09. The molecule has 1 aromatic heterocycles. The Hall–Kier alpha value is -2.82. The topological polar surface area (TPSA) is 79.5 Å². The van der Waals surface area contributed by atoms with Crippen molar-refractivity contribution in [2.45, 2.75) is 13.0 Å². The number of Topliss-reactive ketones (excluding diaryl/α,β-unsaturated/α-hetero) is 1. The molecule has 106 valence electrons. The van der Waals surface area contributed by atoms with Gasteiger partial charge in [0, 0.05) is 5.56 Å². The number of carbonyl (C=O) groups excluding carboxylic acids is 2. The Balaban J connectivity index is 2.11. The summed E-state index contributed by atoms with van der Waals surface area (Å²) in [7, 11) is 0. The van der Waals surface area contributed by atoms with Gasteiger partial charge in [0.15, 0.2) is 0 Å². The maximum atomic E-state index is 12.0. The molecule has 2 aromatic rings. The summed E-state index contributed by atoms with van der Waals surface area (Å²) in [5, 5.41) is 12.9. The molecule has 1 unspecified atom stereocenters. The van der Waals surface area contributed by atoms with Crippen molar-refractivity contribution in [2.24, 2.45) is 0 Å². The predicted molar refractivity (Wildman–Crippen MR) is 75.3 cm³/mol. The first-order valence-electron chi connectivity index (χ1n) is 6.46. The molecule has 1 fully saturated rings. The minimum atomic E-state index is -0.763. The Morgan fingerprint density at radius 3 is 2.52 bits per heavy atom. The van der Waals surface area contributed by atoms with E-state index < -0.39 is 17.7 Å². The largest absolute Gasteiger partial charge is 0.507 e. The van der Waals surface area contributed by atoms with Crippen molar-refractivity contribution < 1.29 is 19.1 Å². The molecule has 0 radical (unpaired) electrons. The molecule has 1 atom stereocenters. The van der Waals surface area contributed by atoms with Crippen LogP contribution in [-0.2, 0) is 9.59 Å². The summed E-state index contributed by atoms with van der Waals surface area (Å²) in [6.07, 6.45) is 1.45. The fraction of sp³-hybridized carbons (Fsp3) is 0.125. The van der Waals surface area contributed by atoms with E-state index in [1.807, 2.05) is 19.1 Å². The van der Waals surface area contributed by atoms with Crippen LogP contribution >= 0.6 is 0 Å². The molecule has 1 aliphatic heterocycles. The molecule has 0 aliphatic carbocycles. The third-order valence-electron chi connectivity index (χ3n) is 3.42. The van der Waals surface area contributed by atoms with E-state index in [9.17, 15) is 14.7 Å². The number of ketones is 1. The number of benzene rings is 1. The van der Waals surface area contributed by atoms with Crippen molar-refractivity contribution in [3.05, 3.63) is 65.1 Å². The number of rotatable bonds is 2. The molecule has 2 N–H and O–H groups in total. The predicted octanol–water partition coefficient (Wildman–Crippen LogP) is 2.30. The van der Waals surface area contributed by atoms with Crippen molar-refractivity contribution in [1.29, 1.82) is 0 Å². The number of hydrogen-bond donors (Lipinski definition) is 2. The molecule has 0 bridgehead atoms. The number of carbonyl (C=O) groups is 2. The number of nitrogens with one attached hydrogen (secondary N) is 1. The van der Waals surface area contributed by atoms with E-state index in [2.05, 4.69) is 5.32 Å². The molecule has 1 aliphatic rings. The maximum absolute atomic E-state index is 12.0. The molecule has 21 heavy (non-hydrogen) atoms. The van der Waals surface area contributed by atoms with Gasteiger partial charge in [-0.05, 0) is 19.1 Å². The highest BCUT2D eigenvalue weighted by molar-refractivity contribution is 6.46. The Kier molecular flexibility index (Phi) is 3.10. The van der Waals surface area contributed by atoms with E-state index in [4.69, 9.17) is 4.42 Å². The van der Waals surface area contributed by atoms with E-state index in [1.54, 1.807) is 24.3 Å². The van der Waals surface area contributed by atoms with E-state index in [0.29, 0.717) is 11.3 Å². The highest BCUT2D eigenvalue weighted by Gasteiger charge is 2.40. The molecular formula is C16H13NO4. The number of furan rings is 1. The van der Waals surface area contributed by atoms with Gasteiger partial charge in [0.1, 0.15) is 17.6 Å². The SMILES string of the molecule is Cc1ccc(C(O)=C2C(=O)C(=O)NC2c2ccco2)cc1. The lowest BCUT2D eigenvalue weighted by molar-refractivity contribution is -0.133.